The van der Waals surface area contributed by atoms with E-state index >= 15 is 0 Å². The minimum absolute atomic E-state index is 0.141. The highest BCUT2D eigenvalue weighted by atomic mass is 19.4. The van der Waals surface area contributed by atoms with Gasteiger partial charge in [-0.25, -0.2) is 19.9 Å². The highest BCUT2D eigenvalue weighted by molar-refractivity contribution is 5.53. The molecule has 0 aliphatic heterocycles. The van der Waals surface area contributed by atoms with Crippen molar-refractivity contribution in [3.05, 3.63) is 48.1 Å². The lowest BCUT2D eigenvalue weighted by atomic mass is 10.3. The van der Waals surface area contributed by atoms with E-state index in [1.165, 1.54) is 18.6 Å². The highest BCUT2D eigenvalue weighted by Gasteiger charge is 2.38. The van der Waals surface area contributed by atoms with Gasteiger partial charge in [0.15, 0.2) is 5.76 Å². The third-order valence-corrected chi connectivity index (χ3v) is 3.67. The average Bonchev–Trinajstić information content (AvgIpc) is 3.42. The molecule has 2 N–H and O–H groups in total. The first-order chi connectivity index (χ1) is 14.4. The summed E-state index contributed by atoms with van der Waals surface area (Å²) >= 11 is 0. The zero-order chi connectivity index (χ0) is 21.1. The van der Waals surface area contributed by atoms with Crippen LogP contribution in [0.2, 0.25) is 0 Å². The standard InChI is InChI=1S/C16H11F3N8O3/c17-16(18,19)14-25-13(27-30-14)8-4-21-12(22-5-8)6-23-15-20-2-1-10(24-15)11-3-9(7-28)26-29-11/h1-5,28H,6-7H2,(H,20,23,24). The summed E-state index contributed by atoms with van der Waals surface area (Å²) < 4.78 is 46.9. The molecule has 0 saturated heterocycles. The minimum atomic E-state index is -4.73. The molecule has 0 amide bonds. The van der Waals surface area contributed by atoms with Gasteiger partial charge in [-0.15, -0.1) is 0 Å². The lowest BCUT2D eigenvalue weighted by Gasteiger charge is -2.04. The maximum atomic E-state index is 12.5. The molecule has 0 aromatic carbocycles. The predicted molar refractivity (Wildman–Crippen MR) is 91.1 cm³/mol. The summed E-state index contributed by atoms with van der Waals surface area (Å²) in [6.07, 6.45) is -0.672. The predicted octanol–water partition coefficient (Wildman–Crippen LogP) is 2.09. The van der Waals surface area contributed by atoms with Crippen molar-refractivity contribution in [3.8, 4) is 22.8 Å². The van der Waals surface area contributed by atoms with Crippen LogP contribution in [0.5, 0.6) is 0 Å². The Balaban J connectivity index is 1.42. The third kappa shape index (κ3) is 4.22. The van der Waals surface area contributed by atoms with E-state index in [0.717, 1.165) is 0 Å². The van der Waals surface area contributed by atoms with E-state index in [0.29, 0.717) is 23.0 Å². The molecule has 11 nitrogen and oxygen atoms in total. The molecule has 154 valence electrons. The van der Waals surface area contributed by atoms with Crippen molar-refractivity contribution in [2.24, 2.45) is 0 Å². The molecule has 4 aromatic rings. The molecular formula is C16H11F3N8O3. The first kappa shape index (κ1) is 19.4. The van der Waals surface area contributed by atoms with Gasteiger partial charge in [-0.1, -0.05) is 10.3 Å². The summed E-state index contributed by atoms with van der Waals surface area (Å²) in [5.74, 6) is -0.765. The highest BCUT2D eigenvalue weighted by Crippen LogP contribution is 2.29. The number of rotatable bonds is 6. The zero-order valence-electron chi connectivity index (χ0n) is 14.8. The van der Waals surface area contributed by atoms with E-state index in [1.807, 2.05) is 0 Å². The number of alkyl halides is 3. The van der Waals surface area contributed by atoms with Crippen LogP contribution < -0.4 is 5.32 Å². The number of aromatic nitrogens is 7. The summed E-state index contributed by atoms with van der Waals surface area (Å²) in [6.45, 7) is -0.115. The number of aliphatic hydroxyl groups is 1. The fourth-order valence-electron chi connectivity index (χ4n) is 2.26. The van der Waals surface area contributed by atoms with E-state index in [9.17, 15) is 13.2 Å². The molecule has 0 spiro atoms. The van der Waals surface area contributed by atoms with Gasteiger partial charge >= 0.3 is 12.1 Å². The van der Waals surface area contributed by atoms with E-state index in [4.69, 9.17) is 9.63 Å². The number of halogens is 3. The molecule has 0 aliphatic rings. The van der Waals surface area contributed by atoms with Crippen LogP contribution in [0.3, 0.4) is 0 Å². The monoisotopic (exact) mass is 420 g/mol. The van der Waals surface area contributed by atoms with Crippen molar-refractivity contribution in [2.45, 2.75) is 19.3 Å². The quantitative estimate of drug-likeness (QED) is 0.472. The molecule has 0 saturated carbocycles. The van der Waals surface area contributed by atoms with Crippen LogP contribution in [0.4, 0.5) is 19.1 Å². The van der Waals surface area contributed by atoms with Crippen molar-refractivity contribution in [1.82, 2.24) is 35.2 Å². The number of anilines is 1. The van der Waals surface area contributed by atoms with Crippen LogP contribution in [-0.4, -0.2) is 40.3 Å². The van der Waals surface area contributed by atoms with E-state index in [1.54, 1.807) is 12.1 Å². The second-order valence-electron chi connectivity index (χ2n) is 5.77. The minimum Gasteiger partial charge on any atom is -0.390 e. The Morgan fingerprint density at radius 1 is 1.03 bits per heavy atom. The fourth-order valence-corrected chi connectivity index (χ4v) is 2.26. The lowest BCUT2D eigenvalue weighted by molar-refractivity contribution is -0.159. The third-order valence-electron chi connectivity index (χ3n) is 3.67. The Bertz CT molecular complexity index is 1140. The van der Waals surface area contributed by atoms with Gasteiger partial charge in [-0.3, -0.25) is 0 Å². The molecule has 14 heteroatoms. The SMILES string of the molecule is OCc1cc(-c2ccnc(NCc3ncc(-c4noc(C(F)(F)F)n4)cn3)n2)on1. The van der Waals surface area contributed by atoms with Gasteiger partial charge in [0.2, 0.25) is 11.8 Å². The first-order valence-corrected chi connectivity index (χ1v) is 8.28. The summed E-state index contributed by atoms with van der Waals surface area (Å²) in [7, 11) is 0. The van der Waals surface area contributed by atoms with E-state index in [2.05, 4.69) is 45.1 Å². The van der Waals surface area contributed by atoms with Gasteiger partial charge in [0.25, 0.3) is 0 Å². The van der Waals surface area contributed by atoms with Crippen molar-refractivity contribution >= 4 is 5.95 Å². The summed E-state index contributed by atoms with van der Waals surface area (Å²) in [6, 6.07) is 3.16. The number of hydrogen-bond acceptors (Lipinski definition) is 11. The lowest BCUT2D eigenvalue weighted by Crippen LogP contribution is -2.07. The van der Waals surface area contributed by atoms with Gasteiger partial charge in [0.1, 0.15) is 17.2 Å². The number of aliphatic hydroxyl groups excluding tert-OH is 1. The Labute approximate surface area is 165 Å². The van der Waals surface area contributed by atoms with E-state index < -0.39 is 12.1 Å². The summed E-state index contributed by atoms with van der Waals surface area (Å²) in [5.41, 5.74) is 0.991. The van der Waals surface area contributed by atoms with Gasteiger partial charge in [0, 0.05) is 24.7 Å². The molecular weight excluding hydrogens is 409 g/mol. The molecule has 0 atom stereocenters. The largest absolute Gasteiger partial charge is 0.471 e. The van der Waals surface area contributed by atoms with Crippen LogP contribution in [0, 0.1) is 0 Å². The van der Waals surface area contributed by atoms with Crippen LogP contribution in [0.1, 0.15) is 17.4 Å². The van der Waals surface area contributed by atoms with Crippen molar-refractivity contribution < 1.29 is 27.3 Å². The molecule has 0 radical (unpaired) electrons. The van der Waals surface area contributed by atoms with E-state index in [-0.39, 0.29) is 30.5 Å². The number of hydrogen-bond donors (Lipinski definition) is 2. The van der Waals surface area contributed by atoms with Crippen molar-refractivity contribution in [2.75, 3.05) is 5.32 Å². The molecule has 4 heterocycles. The molecule has 0 unspecified atom stereocenters. The van der Waals surface area contributed by atoms with Crippen LogP contribution in [0.15, 0.2) is 39.8 Å². The average molecular weight is 420 g/mol. The first-order valence-electron chi connectivity index (χ1n) is 8.28. The Morgan fingerprint density at radius 2 is 1.83 bits per heavy atom. The van der Waals surface area contributed by atoms with Crippen LogP contribution in [0.25, 0.3) is 22.8 Å². The Kier molecular flexibility index (Phi) is 5.05. The zero-order valence-corrected chi connectivity index (χ0v) is 14.8. The number of nitrogens with zero attached hydrogens (tertiary/aromatic N) is 7. The van der Waals surface area contributed by atoms with Gasteiger partial charge in [-0.2, -0.15) is 18.2 Å². The molecule has 30 heavy (non-hydrogen) atoms. The van der Waals surface area contributed by atoms with Gasteiger partial charge in [-0.05, 0) is 6.07 Å². The van der Waals surface area contributed by atoms with Gasteiger partial charge < -0.3 is 19.5 Å². The summed E-state index contributed by atoms with van der Waals surface area (Å²) in [4.78, 5) is 19.7. The topological polar surface area (TPSA) is 149 Å². The molecule has 0 fully saturated rings. The van der Waals surface area contributed by atoms with Crippen molar-refractivity contribution in [1.29, 1.82) is 0 Å². The molecule has 0 bridgehead atoms. The fraction of sp³-hybridized carbons (Fsp3) is 0.188. The smallest absolute Gasteiger partial charge is 0.390 e. The maximum Gasteiger partial charge on any atom is 0.471 e. The second kappa shape index (κ2) is 7.82. The normalized spacial score (nSPS) is 11.6. The second-order valence-corrected chi connectivity index (χ2v) is 5.77. The van der Waals surface area contributed by atoms with Crippen LogP contribution >= 0.6 is 0 Å². The molecule has 4 rings (SSSR count). The Hall–Kier alpha value is -3.94. The summed E-state index contributed by atoms with van der Waals surface area (Å²) in [5, 5.41) is 18.9. The Morgan fingerprint density at radius 3 is 2.50 bits per heavy atom. The van der Waals surface area contributed by atoms with Gasteiger partial charge in [0.05, 0.1) is 18.7 Å². The molecule has 4 aromatic heterocycles. The van der Waals surface area contributed by atoms with Crippen LogP contribution in [-0.2, 0) is 19.3 Å². The van der Waals surface area contributed by atoms with Crippen molar-refractivity contribution in [3.63, 3.8) is 0 Å². The molecule has 0 aliphatic carbocycles. The number of nitrogens with one attached hydrogen (secondary N) is 1. The maximum absolute atomic E-state index is 12.5.